The van der Waals surface area contributed by atoms with Crippen LogP contribution in [0.4, 0.5) is 13.2 Å². The lowest BCUT2D eigenvalue weighted by molar-refractivity contribution is -0.137. The van der Waals surface area contributed by atoms with Gasteiger partial charge in [-0.2, -0.15) is 5.26 Å². The first-order chi connectivity index (χ1) is 24.5. The normalized spacial score (nSPS) is 26.8. The molecule has 2 aromatic carbocycles. The summed E-state index contributed by atoms with van der Waals surface area (Å²) in [5.41, 5.74) is 4.11. The maximum absolute atomic E-state index is 17.1. The highest BCUT2D eigenvalue weighted by Crippen LogP contribution is 2.51. The zero-order chi connectivity index (χ0) is 35.3. The van der Waals surface area contributed by atoms with Gasteiger partial charge in [0.1, 0.15) is 5.52 Å². The van der Waals surface area contributed by atoms with Gasteiger partial charge in [-0.1, -0.05) is 35.3 Å². The SMILES string of the molecule is Cc1nc2c(F)c(-c3cccc(Cl)c3Cl)c(CCC#N)cc2c2c1cc(C1CC(OCC3CC(F)(F)C3)CN1C(=O)C1CC1)n2C1C2CNC1C2. The number of carbonyl (C=O) groups excluding carboxylic acids is 1. The summed E-state index contributed by atoms with van der Waals surface area (Å²) in [7, 11) is 0. The van der Waals surface area contributed by atoms with Crippen molar-refractivity contribution in [1.29, 1.82) is 5.26 Å². The van der Waals surface area contributed by atoms with Crippen LogP contribution in [0.25, 0.3) is 32.9 Å². The molecule has 6 fully saturated rings. The Balaban J connectivity index is 1.21. The Labute approximate surface area is 304 Å². The number of nitriles is 1. The molecule has 4 aromatic rings. The Kier molecular flexibility index (Phi) is 8.12. The van der Waals surface area contributed by atoms with E-state index >= 15 is 4.39 Å². The van der Waals surface area contributed by atoms with Crippen LogP contribution in [0.15, 0.2) is 30.3 Å². The molecular formula is C39H38Cl2F3N5O2. The topological polar surface area (TPSA) is 83.2 Å². The minimum absolute atomic E-state index is 0.00583. The summed E-state index contributed by atoms with van der Waals surface area (Å²) in [6.07, 6.45) is 3.22. The van der Waals surface area contributed by atoms with Gasteiger partial charge in [-0.15, -0.1) is 0 Å². The number of halogens is 5. The van der Waals surface area contributed by atoms with Crippen molar-refractivity contribution < 1.29 is 22.7 Å². The lowest BCUT2D eigenvalue weighted by Gasteiger charge is -2.39. The van der Waals surface area contributed by atoms with Crippen LogP contribution in [0, 0.1) is 41.8 Å². The van der Waals surface area contributed by atoms with Crippen LogP contribution < -0.4 is 5.32 Å². The summed E-state index contributed by atoms with van der Waals surface area (Å²) < 4.78 is 52.9. The lowest BCUT2D eigenvalue weighted by Crippen LogP contribution is -2.41. The van der Waals surface area contributed by atoms with E-state index in [1.807, 2.05) is 17.9 Å². The molecule has 266 valence electrons. The number of aromatic nitrogens is 2. The average molecular weight is 737 g/mol. The second kappa shape index (κ2) is 12.4. The fourth-order valence-electron chi connectivity index (χ4n) is 9.28. The number of hydrogen-bond donors (Lipinski definition) is 1. The van der Waals surface area contributed by atoms with E-state index in [4.69, 9.17) is 32.9 Å². The molecule has 5 atom stereocenters. The lowest BCUT2D eigenvalue weighted by atomic mass is 9.79. The van der Waals surface area contributed by atoms with Crippen LogP contribution in [-0.4, -0.2) is 58.1 Å². The molecule has 1 amide bonds. The van der Waals surface area contributed by atoms with Crippen LogP contribution in [0.5, 0.6) is 0 Å². The van der Waals surface area contributed by atoms with E-state index < -0.39 is 11.7 Å². The van der Waals surface area contributed by atoms with Gasteiger partial charge in [0.25, 0.3) is 0 Å². The summed E-state index contributed by atoms with van der Waals surface area (Å²) in [6.45, 7) is 3.44. The van der Waals surface area contributed by atoms with Gasteiger partial charge in [0, 0.05) is 84.0 Å². The number of carbonyl (C=O) groups is 1. The van der Waals surface area contributed by atoms with Gasteiger partial charge in [-0.25, -0.2) is 18.2 Å². The van der Waals surface area contributed by atoms with E-state index in [1.165, 1.54) is 0 Å². The second-order valence-corrected chi connectivity index (χ2v) is 16.2. The third-order valence-corrected chi connectivity index (χ3v) is 12.8. The standard InChI is InChI=1S/C39H38Cl2F3N5O2/c1-19-26-13-31(30-12-24(17-48(30)38(50)21-7-8-21)51-18-20-14-39(43,44)15-20)49(36-23-11-29(36)46-16-23)37(26)27-10-22(4-3-9-45)32(34(42)35(27)47-19)25-5-2-6-28(40)33(25)41/h2,5-6,10,13,20-21,23-24,29-30,36,46H,3-4,7-8,11-12,14-18H2,1H3. The Morgan fingerprint density at radius 2 is 1.98 bits per heavy atom. The van der Waals surface area contributed by atoms with Crippen molar-refractivity contribution >= 4 is 50.9 Å². The highest BCUT2D eigenvalue weighted by Gasteiger charge is 2.51. The molecule has 51 heavy (non-hydrogen) atoms. The highest BCUT2D eigenvalue weighted by molar-refractivity contribution is 6.43. The van der Waals surface area contributed by atoms with E-state index in [9.17, 15) is 18.8 Å². The predicted octanol–water partition coefficient (Wildman–Crippen LogP) is 8.71. The molecule has 7 nitrogen and oxygen atoms in total. The molecule has 12 heteroatoms. The summed E-state index contributed by atoms with van der Waals surface area (Å²) in [5.74, 6) is -2.82. The van der Waals surface area contributed by atoms with E-state index in [2.05, 4.69) is 22.0 Å². The average Bonchev–Trinajstić information content (AvgIpc) is 3.39. The number of amides is 1. The maximum atomic E-state index is 17.1. The zero-order valence-electron chi connectivity index (χ0n) is 28.2. The molecular weight excluding hydrogens is 698 g/mol. The number of nitrogens with zero attached hydrogens (tertiary/aromatic N) is 4. The van der Waals surface area contributed by atoms with Crippen LogP contribution in [0.3, 0.4) is 0 Å². The number of fused-ring (bicyclic) bond motifs is 4. The molecule has 2 aromatic heterocycles. The quantitative estimate of drug-likeness (QED) is 0.186. The maximum Gasteiger partial charge on any atom is 0.248 e. The third-order valence-electron chi connectivity index (χ3n) is 12.0. The van der Waals surface area contributed by atoms with E-state index in [0.29, 0.717) is 58.1 Å². The third kappa shape index (κ3) is 5.53. The summed E-state index contributed by atoms with van der Waals surface area (Å²) in [5, 5.41) is 15.3. The number of hydrogen-bond acceptors (Lipinski definition) is 5. The van der Waals surface area contributed by atoms with E-state index in [1.54, 1.807) is 18.2 Å². The van der Waals surface area contributed by atoms with Crippen molar-refractivity contribution in [2.75, 3.05) is 19.7 Å². The monoisotopic (exact) mass is 735 g/mol. The van der Waals surface area contributed by atoms with Crippen molar-refractivity contribution in [1.82, 2.24) is 19.8 Å². The van der Waals surface area contributed by atoms with Crippen molar-refractivity contribution in [2.45, 2.75) is 88.4 Å². The smallest absolute Gasteiger partial charge is 0.248 e. The van der Waals surface area contributed by atoms with E-state index in [-0.39, 0.29) is 78.4 Å². The van der Waals surface area contributed by atoms with Crippen LogP contribution in [0.1, 0.15) is 74.0 Å². The number of nitrogens with one attached hydrogen (secondary N) is 1. The number of alkyl halides is 2. The van der Waals surface area contributed by atoms with Crippen molar-refractivity contribution in [3.05, 3.63) is 63.1 Å². The van der Waals surface area contributed by atoms with Gasteiger partial charge >= 0.3 is 0 Å². The Hall–Kier alpha value is -3.36. The first-order valence-corrected chi connectivity index (χ1v) is 18.8. The molecule has 1 N–H and O–H groups in total. The predicted molar refractivity (Wildman–Crippen MR) is 189 cm³/mol. The first-order valence-electron chi connectivity index (χ1n) is 18.0. The number of aryl methyl sites for hydroxylation is 2. The molecule has 3 saturated carbocycles. The molecule has 5 heterocycles. The number of benzene rings is 2. The van der Waals surface area contributed by atoms with Crippen LogP contribution in [0.2, 0.25) is 10.0 Å². The minimum Gasteiger partial charge on any atom is -0.376 e. The molecule has 10 rings (SSSR count). The van der Waals surface area contributed by atoms with Gasteiger partial charge in [0.15, 0.2) is 5.82 Å². The fraction of sp³-hybridized carbons (Fsp3) is 0.513. The molecule has 5 unspecified atom stereocenters. The van der Waals surface area contributed by atoms with Crippen molar-refractivity contribution in [3.8, 4) is 17.2 Å². The Bertz CT molecular complexity index is 2120. The molecule has 0 spiro atoms. The van der Waals surface area contributed by atoms with Crippen LogP contribution >= 0.6 is 23.2 Å². The first kappa shape index (κ1) is 33.5. The summed E-state index contributed by atoms with van der Waals surface area (Å²) >= 11 is 13.1. The molecule has 2 bridgehead atoms. The van der Waals surface area contributed by atoms with Crippen molar-refractivity contribution in [3.63, 3.8) is 0 Å². The molecule has 6 aliphatic rings. The molecule has 3 saturated heterocycles. The molecule has 3 aliphatic heterocycles. The fourth-order valence-corrected chi connectivity index (χ4v) is 9.68. The number of pyridine rings is 1. The zero-order valence-corrected chi connectivity index (χ0v) is 29.7. The Morgan fingerprint density at radius 3 is 2.67 bits per heavy atom. The largest absolute Gasteiger partial charge is 0.376 e. The van der Waals surface area contributed by atoms with Crippen LogP contribution in [-0.2, 0) is 16.0 Å². The number of ether oxygens (including phenoxy) is 1. The van der Waals surface area contributed by atoms with Crippen molar-refractivity contribution in [2.24, 2.45) is 17.8 Å². The number of rotatable bonds is 9. The molecule has 0 radical (unpaired) electrons. The second-order valence-electron chi connectivity index (χ2n) is 15.4. The van der Waals surface area contributed by atoms with Gasteiger partial charge in [-0.3, -0.25) is 4.79 Å². The van der Waals surface area contributed by atoms with E-state index in [0.717, 1.165) is 42.4 Å². The van der Waals surface area contributed by atoms with Gasteiger partial charge in [-0.05, 0) is 68.2 Å². The van der Waals surface area contributed by atoms with Gasteiger partial charge in [0.2, 0.25) is 11.8 Å². The summed E-state index contributed by atoms with van der Waals surface area (Å²) in [4.78, 5) is 20.7. The van der Waals surface area contributed by atoms with Gasteiger partial charge in [0.05, 0.1) is 46.4 Å². The number of likely N-dealkylation sites (tertiary alicyclic amines) is 1. The summed E-state index contributed by atoms with van der Waals surface area (Å²) in [6, 6.07) is 11.5. The highest BCUT2D eigenvalue weighted by atomic mass is 35.5. The Morgan fingerprint density at radius 1 is 1.18 bits per heavy atom. The minimum atomic E-state index is -2.61. The van der Waals surface area contributed by atoms with Gasteiger partial charge < -0.3 is 19.5 Å². The molecule has 3 aliphatic carbocycles.